The van der Waals surface area contributed by atoms with Crippen LogP contribution in [-0.2, 0) is 15.0 Å². The lowest BCUT2D eigenvalue weighted by molar-refractivity contribution is -0.142. The zero-order chi connectivity index (χ0) is 14.0. The van der Waals surface area contributed by atoms with E-state index >= 15 is 0 Å². The summed E-state index contributed by atoms with van der Waals surface area (Å²) >= 11 is 0. The Balaban J connectivity index is 2.18. The third-order valence-corrected chi connectivity index (χ3v) is 6.29. The van der Waals surface area contributed by atoms with Crippen LogP contribution in [0.5, 0.6) is 0 Å². The maximum atomic E-state index is 12.6. The van der Waals surface area contributed by atoms with Crippen molar-refractivity contribution in [2.75, 3.05) is 13.6 Å². The average molecular weight is 290 g/mol. The molecule has 1 atom stereocenters. The molecule has 7 heteroatoms. The van der Waals surface area contributed by atoms with E-state index in [0.29, 0.717) is 13.0 Å². The van der Waals surface area contributed by atoms with Crippen molar-refractivity contribution in [3.05, 3.63) is 0 Å². The molecule has 1 aliphatic heterocycles. The van der Waals surface area contributed by atoms with Gasteiger partial charge >= 0.3 is 5.97 Å². The molecule has 110 valence electrons. The Morgan fingerprint density at radius 2 is 1.74 bits per heavy atom. The van der Waals surface area contributed by atoms with Crippen LogP contribution in [-0.4, -0.2) is 53.8 Å². The van der Waals surface area contributed by atoms with Gasteiger partial charge in [0, 0.05) is 19.6 Å². The van der Waals surface area contributed by atoms with E-state index < -0.39 is 22.2 Å². The molecule has 0 aromatic carbocycles. The van der Waals surface area contributed by atoms with Crippen LogP contribution >= 0.6 is 0 Å². The van der Waals surface area contributed by atoms with Crippen molar-refractivity contribution in [3.63, 3.8) is 0 Å². The molecule has 0 spiro atoms. The first-order valence-electron chi connectivity index (χ1n) is 6.92. The minimum absolute atomic E-state index is 0.0290. The number of piperidine rings is 1. The zero-order valence-corrected chi connectivity index (χ0v) is 12.1. The molecule has 1 N–H and O–H groups in total. The van der Waals surface area contributed by atoms with Crippen LogP contribution in [0.25, 0.3) is 0 Å². The van der Waals surface area contributed by atoms with Crippen LogP contribution in [0.15, 0.2) is 0 Å². The number of hydrogen-bond acceptors (Lipinski definition) is 3. The molecule has 1 saturated carbocycles. The van der Waals surface area contributed by atoms with E-state index in [9.17, 15) is 18.3 Å². The molecule has 2 aliphatic rings. The maximum Gasteiger partial charge on any atom is 0.322 e. The molecule has 1 heterocycles. The lowest BCUT2D eigenvalue weighted by Gasteiger charge is -2.36. The van der Waals surface area contributed by atoms with Gasteiger partial charge in [-0.3, -0.25) is 4.79 Å². The summed E-state index contributed by atoms with van der Waals surface area (Å²) in [6.45, 7) is 0.316. The summed E-state index contributed by atoms with van der Waals surface area (Å²) in [6, 6.07) is -0.871. The monoisotopic (exact) mass is 290 g/mol. The molecule has 1 aliphatic carbocycles. The molecule has 0 bridgehead atoms. The van der Waals surface area contributed by atoms with Crippen molar-refractivity contribution in [2.24, 2.45) is 0 Å². The topological polar surface area (TPSA) is 77.9 Å². The first kappa shape index (κ1) is 14.7. The predicted octanol–water partition coefficient (Wildman–Crippen LogP) is 1.04. The van der Waals surface area contributed by atoms with Gasteiger partial charge in [0.2, 0.25) is 0 Å². The summed E-state index contributed by atoms with van der Waals surface area (Å²) in [6.07, 6.45) is 5.77. The van der Waals surface area contributed by atoms with Gasteiger partial charge in [0.1, 0.15) is 6.04 Å². The minimum Gasteiger partial charge on any atom is -0.480 e. The number of carboxylic acid groups (broad SMARTS) is 1. The summed E-state index contributed by atoms with van der Waals surface area (Å²) in [5, 5.41) is 9.19. The van der Waals surface area contributed by atoms with Crippen LogP contribution in [0.2, 0.25) is 0 Å². The van der Waals surface area contributed by atoms with Gasteiger partial charge in [-0.2, -0.15) is 17.0 Å². The Morgan fingerprint density at radius 1 is 1.16 bits per heavy atom. The molecule has 0 aromatic heterocycles. The Hall–Kier alpha value is -0.660. The molecule has 6 nitrogen and oxygen atoms in total. The number of nitrogens with zero attached hydrogens (tertiary/aromatic N) is 2. The van der Waals surface area contributed by atoms with Crippen LogP contribution in [0, 0.1) is 0 Å². The molecule has 2 rings (SSSR count). The number of carbonyl (C=O) groups is 1. The Morgan fingerprint density at radius 3 is 2.32 bits per heavy atom. The highest BCUT2D eigenvalue weighted by atomic mass is 32.2. The van der Waals surface area contributed by atoms with Gasteiger partial charge in [-0.25, -0.2) is 0 Å². The number of carboxylic acids is 1. The summed E-state index contributed by atoms with van der Waals surface area (Å²) in [5.74, 6) is -1.04. The summed E-state index contributed by atoms with van der Waals surface area (Å²) in [4.78, 5) is 11.2. The molecule has 0 aromatic rings. The van der Waals surface area contributed by atoms with Gasteiger partial charge in [-0.05, 0) is 32.1 Å². The smallest absolute Gasteiger partial charge is 0.322 e. The molecule has 2 fully saturated rings. The van der Waals surface area contributed by atoms with Crippen molar-refractivity contribution >= 4 is 16.2 Å². The Kier molecular flexibility index (Phi) is 4.47. The minimum atomic E-state index is -3.65. The average Bonchev–Trinajstić information content (AvgIpc) is 2.91. The highest BCUT2D eigenvalue weighted by Gasteiger charge is 2.41. The molecular formula is C12H22N2O4S. The Bertz CT molecular complexity index is 431. The highest BCUT2D eigenvalue weighted by Crippen LogP contribution is 2.28. The number of rotatable bonds is 4. The van der Waals surface area contributed by atoms with Crippen LogP contribution < -0.4 is 0 Å². The van der Waals surface area contributed by atoms with Crippen molar-refractivity contribution in [2.45, 2.75) is 57.0 Å². The number of aliphatic carboxylic acids is 1. The third-order valence-electron chi connectivity index (χ3n) is 4.24. The molecule has 0 radical (unpaired) electrons. The van der Waals surface area contributed by atoms with Gasteiger partial charge in [0.15, 0.2) is 0 Å². The van der Waals surface area contributed by atoms with E-state index in [-0.39, 0.29) is 6.04 Å². The zero-order valence-electron chi connectivity index (χ0n) is 11.3. The molecule has 1 saturated heterocycles. The standard InChI is InChI=1S/C12H22N2O4S/c1-13(10-6-2-3-7-10)19(17,18)14-9-5-4-8-11(14)12(15)16/h10-11H,2-9H2,1H3,(H,15,16). The molecule has 19 heavy (non-hydrogen) atoms. The quantitative estimate of drug-likeness (QED) is 0.839. The van der Waals surface area contributed by atoms with E-state index in [0.717, 1.165) is 38.5 Å². The van der Waals surface area contributed by atoms with E-state index in [1.165, 1.54) is 8.61 Å². The summed E-state index contributed by atoms with van der Waals surface area (Å²) in [7, 11) is -2.07. The fraction of sp³-hybridized carbons (Fsp3) is 0.917. The third kappa shape index (κ3) is 2.93. The van der Waals surface area contributed by atoms with Crippen LogP contribution in [0.4, 0.5) is 0 Å². The SMILES string of the molecule is CN(C1CCCC1)S(=O)(=O)N1CCCCC1C(=O)O. The summed E-state index contributed by atoms with van der Waals surface area (Å²) < 4.78 is 27.7. The van der Waals surface area contributed by atoms with Gasteiger partial charge in [0.05, 0.1) is 0 Å². The molecule has 1 unspecified atom stereocenters. The molecule has 0 amide bonds. The lowest BCUT2D eigenvalue weighted by Crippen LogP contribution is -2.54. The van der Waals surface area contributed by atoms with Crippen molar-refractivity contribution < 1.29 is 18.3 Å². The first-order chi connectivity index (χ1) is 8.94. The second-order valence-electron chi connectivity index (χ2n) is 5.42. The second-order valence-corrected chi connectivity index (χ2v) is 7.36. The van der Waals surface area contributed by atoms with E-state index in [2.05, 4.69) is 0 Å². The Labute approximate surface area is 114 Å². The van der Waals surface area contributed by atoms with Crippen LogP contribution in [0.3, 0.4) is 0 Å². The van der Waals surface area contributed by atoms with Crippen LogP contribution in [0.1, 0.15) is 44.9 Å². The largest absolute Gasteiger partial charge is 0.480 e. The normalized spacial score (nSPS) is 26.9. The van der Waals surface area contributed by atoms with Gasteiger partial charge < -0.3 is 5.11 Å². The fourth-order valence-electron chi connectivity index (χ4n) is 3.05. The highest BCUT2D eigenvalue weighted by molar-refractivity contribution is 7.86. The van der Waals surface area contributed by atoms with Gasteiger partial charge in [0.25, 0.3) is 10.2 Å². The van der Waals surface area contributed by atoms with Gasteiger partial charge in [-0.1, -0.05) is 12.8 Å². The summed E-state index contributed by atoms with van der Waals surface area (Å²) in [5.41, 5.74) is 0. The van der Waals surface area contributed by atoms with E-state index in [1.54, 1.807) is 7.05 Å². The fourth-order valence-corrected chi connectivity index (χ4v) is 4.85. The van der Waals surface area contributed by atoms with E-state index in [1.807, 2.05) is 0 Å². The van der Waals surface area contributed by atoms with Crippen molar-refractivity contribution in [3.8, 4) is 0 Å². The maximum absolute atomic E-state index is 12.6. The van der Waals surface area contributed by atoms with Crippen molar-refractivity contribution in [1.29, 1.82) is 0 Å². The lowest BCUT2D eigenvalue weighted by atomic mass is 10.1. The number of hydrogen-bond donors (Lipinski definition) is 1. The first-order valence-corrected chi connectivity index (χ1v) is 8.32. The van der Waals surface area contributed by atoms with Crippen molar-refractivity contribution in [1.82, 2.24) is 8.61 Å². The van der Waals surface area contributed by atoms with Gasteiger partial charge in [-0.15, -0.1) is 0 Å². The molecular weight excluding hydrogens is 268 g/mol. The van der Waals surface area contributed by atoms with E-state index in [4.69, 9.17) is 0 Å². The second kappa shape index (κ2) is 5.76. The predicted molar refractivity (Wildman–Crippen MR) is 70.9 cm³/mol.